The van der Waals surface area contributed by atoms with Crippen molar-refractivity contribution < 1.29 is 13.9 Å². The van der Waals surface area contributed by atoms with Gasteiger partial charge >= 0.3 is 0 Å². The monoisotopic (exact) mass is 474 g/mol. The first-order valence-electron chi connectivity index (χ1n) is 8.10. The summed E-state index contributed by atoms with van der Waals surface area (Å²) in [5, 5.41) is 6.27. The molecule has 0 saturated heterocycles. The Labute approximate surface area is 170 Å². The number of guanidine groups is 1. The molecule has 0 amide bonds. The molecule has 2 N–H and O–H groups in total. The maximum absolute atomic E-state index is 14.2. The van der Waals surface area contributed by atoms with E-state index < -0.39 is 5.82 Å². The van der Waals surface area contributed by atoms with E-state index in [1.165, 1.54) is 12.3 Å². The highest BCUT2D eigenvalue weighted by molar-refractivity contribution is 14.0. The van der Waals surface area contributed by atoms with Crippen LogP contribution in [0.3, 0.4) is 0 Å². The summed E-state index contributed by atoms with van der Waals surface area (Å²) in [6.07, 6.45) is 3.17. The van der Waals surface area contributed by atoms with Crippen LogP contribution in [0.4, 0.5) is 4.39 Å². The Bertz CT molecular complexity index is 686. The second-order valence-electron chi connectivity index (χ2n) is 5.17. The van der Waals surface area contributed by atoms with Crippen LogP contribution in [0.5, 0.6) is 11.5 Å². The van der Waals surface area contributed by atoms with E-state index in [-0.39, 0.29) is 29.7 Å². The highest BCUT2D eigenvalue weighted by Crippen LogP contribution is 2.24. The summed E-state index contributed by atoms with van der Waals surface area (Å²) in [5.74, 6) is 0.874. The van der Waals surface area contributed by atoms with Gasteiger partial charge in [0.1, 0.15) is 5.75 Å². The van der Waals surface area contributed by atoms with Gasteiger partial charge in [0.25, 0.3) is 0 Å². The molecule has 0 aliphatic rings. The fourth-order valence-corrected chi connectivity index (χ4v) is 2.04. The molecule has 0 radical (unpaired) electrons. The molecular formula is C18H24FIN4O2. The first kappa shape index (κ1) is 22.1. The van der Waals surface area contributed by atoms with Crippen molar-refractivity contribution in [3.63, 3.8) is 0 Å². The lowest BCUT2D eigenvalue weighted by Crippen LogP contribution is -2.38. The Morgan fingerprint density at radius 1 is 1.27 bits per heavy atom. The van der Waals surface area contributed by atoms with Gasteiger partial charge in [0.05, 0.1) is 19.3 Å². The van der Waals surface area contributed by atoms with Crippen LogP contribution in [0.25, 0.3) is 0 Å². The standard InChI is InChI=1S/C18H23FN4O2.HI/c1-3-21-18(22-9-10-24-2)23-12-14-6-7-17(16(19)11-14)25-15-5-4-8-20-13-15;/h4-8,11,13H,3,9-10,12H2,1-2H3,(H2,21,22,23);1H. The zero-order valence-electron chi connectivity index (χ0n) is 14.9. The van der Waals surface area contributed by atoms with E-state index in [0.717, 1.165) is 12.1 Å². The molecule has 8 heteroatoms. The molecule has 1 aromatic heterocycles. The van der Waals surface area contributed by atoms with E-state index in [9.17, 15) is 4.39 Å². The Morgan fingerprint density at radius 2 is 2.12 bits per heavy atom. The second kappa shape index (κ2) is 12.4. The summed E-state index contributed by atoms with van der Waals surface area (Å²) < 4.78 is 24.7. The molecule has 0 saturated carbocycles. The summed E-state index contributed by atoms with van der Waals surface area (Å²) in [5.41, 5.74) is 0.750. The fourth-order valence-electron chi connectivity index (χ4n) is 2.04. The third-order valence-electron chi connectivity index (χ3n) is 3.22. The van der Waals surface area contributed by atoms with Crippen LogP contribution in [0.2, 0.25) is 0 Å². The molecule has 0 aliphatic heterocycles. The first-order chi connectivity index (χ1) is 12.2. The highest BCUT2D eigenvalue weighted by atomic mass is 127. The van der Waals surface area contributed by atoms with E-state index >= 15 is 0 Å². The summed E-state index contributed by atoms with van der Waals surface area (Å²) in [7, 11) is 1.64. The van der Waals surface area contributed by atoms with Gasteiger partial charge in [-0.1, -0.05) is 6.07 Å². The molecule has 1 heterocycles. The molecule has 6 nitrogen and oxygen atoms in total. The zero-order valence-corrected chi connectivity index (χ0v) is 17.2. The van der Waals surface area contributed by atoms with Crippen LogP contribution in [0.1, 0.15) is 12.5 Å². The van der Waals surface area contributed by atoms with Crippen molar-refractivity contribution in [2.45, 2.75) is 13.5 Å². The van der Waals surface area contributed by atoms with E-state index in [2.05, 4.69) is 20.6 Å². The molecule has 2 aromatic rings. The predicted molar refractivity (Wildman–Crippen MR) is 111 cm³/mol. The van der Waals surface area contributed by atoms with Crippen molar-refractivity contribution in [3.05, 3.63) is 54.1 Å². The number of nitrogens with one attached hydrogen (secondary N) is 2. The van der Waals surface area contributed by atoms with Gasteiger partial charge in [-0.25, -0.2) is 9.38 Å². The summed E-state index contributed by atoms with van der Waals surface area (Å²) >= 11 is 0. The minimum Gasteiger partial charge on any atom is -0.453 e. The molecule has 142 valence electrons. The molecular weight excluding hydrogens is 450 g/mol. The number of halogens is 2. The van der Waals surface area contributed by atoms with Gasteiger partial charge in [-0.3, -0.25) is 4.98 Å². The van der Waals surface area contributed by atoms with E-state index in [4.69, 9.17) is 9.47 Å². The quantitative estimate of drug-likeness (QED) is 0.266. The molecule has 0 atom stereocenters. The van der Waals surface area contributed by atoms with Gasteiger partial charge in [-0.15, -0.1) is 24.0 Å². The number of pyridine rings is 1. The van der Waals surface area contributed by atoms with E-state index in [1.54, 1.807) is 37.6 Å². The number of aliphatic imine (C=N–C) groups is 1. The predicted octanol–water partition coefficient (Wildman–Crippen LogP) is 3.33. The van der Waals surface area contributed by atoms with Gasteiger partial charge in [0, 0.05) is 26.4 Å². The number of rotatable bonds is 8. The van der Waals surface area contributed by atoms with Crippen LogP contribution < -0.4 is 15.4 Å². The molecule has 0 aliphatic carbocycles. The molecule has 0 bridgehead atoms. The fraction of sp³-hybridized carbons (Fsp3) is 0.333. The molecule has 0 unspecified atom stereocenters. The van der Waals surface area contributed by atoms with Crippen LogP contribution in [0.15, 0.2) is 47.7 Å². The Balaban J connectivity index is 0.00000338. The zero-order chi connectivity index (χ0) is 17.9. The average molecular weight is 474 g/mol. The van der Waals surface area contributed by atoms with Crippen LogP contribution in [-0.4, -0.2) is 37.7 Å². The number of methoxy groups -OCH3 is 1. The van der Waals surface area contributed by atoms with Crippen molar-refractivity contribution in [3.8, 4) is 11.5 Å². The van der Waals surface area contributed by atoms with Crippen molar-refractivity contribution in [1.82, 2.24) is 15.6 Å². The summed E-state index contributed by atoms with van der Waals surface area (Å²) in [6.45, 7) is 4.31. The molecule has 0 fully saturated rings. The van der Waals surface area contributed by atoms with E-state index in [1.807, 2.05) is 6.92 Å². The van der Waals surface area contributed by atoms with Gasteiger partial charge in [-0.05, 0) is 36.8 Å². The smallest absolute Gasteiger partial charge is 0.191 e. The largest absolute Gasteiger partial charge is 0.453 e. The van der Waals surface area contributed by atoms with Crippen molar-refractivity contribution in [1.29, 1.82) is 0 Å². The Hall–Kier alpha value is -1.94. The Morgan fingerprint density at radius 3 is 2.77 bits per heavy atom. The molecule has 0 spiro atoms. The maximum atomic E-state index is 14.2. The van der Waals surface area contributed by atoms with Gasteiger partial charge < -0.3 is 20.1 Å². The summed E-state index contributed by atoms with van der Waals surface area (Å²) in [4.78, 5) is 8.37. The molecule has 1 aromatic carbocycles. The maximum Gasteiger partial charge on any atom is 0.191 e. The minimum atomic E-state index is -0.436. The third-order valence-corrected chi connectivity index (χ3v) is 3.22. The summed E-state index contributed by atoms with van der Waals surface area (Å²) in [6, 6.07) is 8.26. The second-order valence-corrected chi connectivity index (χ2v) is 5.17. The van der Waals surface area contributed by atoms with Gasteiger partial charge in [-0.2, -0.15) is 0 Å². The lowest BCUT2D eigenvalue weighted by atomic mass is 10.2. The van der Waals surface area contributed by atoms with Crippen molar-refractivity contribution >= 4 is 29.9 Å². The van der Waals surface area contributed by atoms with Crippen LogP contribution in [0, 0.1) is 5.82 Å². The van der Waals surface area contributed by atoms with E-state index in [0.29, 0.717) is 31.4 Å². The van der Waals surface area contributed by atoms with Gasteiger partial charge in [0.2, 0.25) is 0 Å². The number of nitrogens with zero attached hydrogens (tertiary/aromatic N) is 2. The Kier molecular flexibility index (Phi) is 10.6. The topological polar surface area (TPSA) is 67.8 Å². The minimum absolute atomic E-state index is 0. The normalized spacial score (nSPS) is 10.8. The van der Waals surface area contributed by atoms with Crippen LogP contribution in [-0.2, 0) is 11.3 Å². The molecule has 26 heavy (non-hydrogen) atoms. The lowest BCUT2D eigenvalue weighted by molar-refractivity contribution is 0.203. The highest BCUT2D eigenvalue weighted by Gasteiger charge is 2.06. The average Bonchev–Trinajstić information content (AvgIpc) is 2.63. The van der Waals surface area contributed by atoms with Crippen LogP contribution >= 0.6 is 24.0 Å². The first-order valence-corrected chi connectivity index (χ1v) is 8.10. The van der Waals surface area contributed by atoms with Crippen molar-refractivity contribution in [2.24, 2.45) is 4.99 Å². The number of ether oxygens (including phenoxy) is 2. The number of benzene rings is 1. The molecule has 2 rings (SSSR count). The SMILES string of the molecule is CCNC(=NCc1ccc(Oc2cccnc2)c(F)c1)NCCOC.I. The third kappa shape index (κ3) is 7.52. The number of hydrogen-bond acceptors (Lipinski definition) is 4. The van der Waals surface area contributed by atoms with Gasteiger partial charge in [0.15, 0.2) is 17.5 Å². The van der Waals surface area contributed by atoms with Crippen molar-refractivity contribution in [2.75, 3.05) is 26.8 Å². The number of hydrogen-bond donors (Lipinski definition) is 2. The lowest BCUT2D eigenvalue weighted by Gasteiger charge is -2.11. The number of aromatic nitrogens is 1.